The number of amides is 1. The summed E-state index contributed by atoms with van der Waals surface area (Å²) in [5.74, 6) is 0.312. The number of benzene rings is 1. The van der Waals surface area contributed by atoms with E-state index < -0.39 is 0 Å². The number of anilines is 1. The van der Waals surface area contributed by atoms with E-state index in [0.29, 0.717) is 19.1 Å². The highest BCUT2D eigenvalue weighted by atomic mass is 16.5. The summed E-state index contributed by atoms with van der Waals surface area (Å²) in [6.07, 6.45) is 1.59. The molecule has 1 aromatic rings. The molecule has 1 aliphatic heterocycles. The van der Waals surface area contributed by atoms with Crippen LogP contribution in [0.25, 0.3) is 0 Å². The number of carbonyl (C=O) groups excluding carboxylic acids is 2. The van der Waals surface area contributed by atoms with E-state index in [-0.39, 0.29) is 17.8 Å². The summed E-state index contributed by atoms with van der Waals surface area (Å²) in [6.45, 7) is 8.63. The van der Waals surface area contributed by atoms with Crippen molar-refractivity contribution in [2.45, 2.75) is 39.5 Å². The Kier molecular flexibility index (Phi) is 6.79. The molecule has 2 rings (SSSR count). The Balaban J connectivity index is 1.83. The average molecular weight is 333 g/mol. The Labute approximate surface area is 144 Å². The van der Waals surface area contributed by atoms with Crippen LogP contribution in [-0.4, -0.2) is 38.1 Å². The van der Waals surface area contributed by atoms with E-state index in [2.05, 4.69) is 25.2 Å². The lowest BCUT2D eigenvalue weighted by atomic mass is 9.97. The number of piperidine rings is 1. The first kappa shape index (κ1) is 18.5. The monoisotopic (exact) mass is 333 g/mol. The molecule has 0 radical (unpaired) electrons. The molecule has 1 amide bonds. The number of quaternary nitrogens is 1. The predicted molar refractivity (Wildman–Crippen MR) is 94.1 cm³/mol. The minimum absolute atomic E-state index is 0.00146. The van der Waals surface area contributed by atoms with E-state index in [1.807, 2.05) is 25.1 Å². The predicted octanol–water partition coefficient (Wildman–Crippen LogP) is 1.61. The minimum Gasteiger partial charge on any atom is -0.466 e. The molecule has 0 unspecified atom stereocenters. The lowest BCUT2D eigenvalue weighted by Gasteiger charge is -2.27. The highest BCUT2D eigenvalue weighted by molar-refractivity contribution is 5.92. The molecule has 0 atom stereocenters. The molecule has 1 aromatic carbocycles. The third-order valence-corrected chi connectivity index (χ3v) is 4.58. The molecule has 0 bridgehead atoms. The zero-order chi connectivity index (χ0) is 17.5. The SMILES string of the molecule is CCOC(=O)C1CC[NH+](CC(=O)Nc2ccccc2C(C)C)CC1. The third-order valence-electron chi connectivity index (χ3n) is 4.58. The first-order chi connectivity index (χ1) is 11.5. The van der Waals surface area contributed by atoms with Crippen LogP contribution in [0.4, 0.5) is 5.69 Å². The molecule has 132 valence electrons. The number of para-hydroxylation sites is 1. The van der Waals surface area contributed by atoms with Gasteiger partial charge in [0.2, 0.25) is 0 Å². The average Bonchev–Trinajstić information content (AvgIpc) is 2.56. The number of esters is 1. The van der Waals surface area contributed by atoms with Gasteiger partial charge in [0.1, 0.15) is 0 Å². The minimum atomic E-state index is -0.0909. The summed E-state index contributed by atoms with van der Waals surface area (Å²) >= 11 is 0. The second kappa shape index (κ2) is 8.83. The van der Waals surface area contributed by atoms with Crippen LogP contribution in [0.5, 0.6) is 0 Å². The van der Waals surface area contributed by atoms with Gasteiger partial charge in [-0.05, 0) is 24.5 Å². The van der Waals surface area contributed by atoms with E-state index in [1.54, 1.807) is 0 Å². The number of rotatable bonds is 6. The fourth-order valence-electron chi connectivity index (χ4n) is 3.23. The van der Waals surface area contributed by atoms with Crippen molar-refractivity contribution in [3.63, 3.8) is 0 Å². The van der Waals surface area contributed by atoms with Crippen LogP contribution in [0, 0.1) is 5.92 Å². The van der Waals surface area contributed by atoms with Crippen LogP contribution >= 0.6 is 0 Å². The largest absolute Gasteiger partial charge is 0.466 e. The Morgan fingerprint density at radius 3 is 2.54 bits per heavy atom. The number of hydrogen-bond acceptors (Lipinski definition) is 3. The molecule has 24 heavy (non-hydrogen) atoms. The Morgan fingerprint density at radius 1 is 1.25 bits per heavy atom. The number of nitrogens with one attached hydrogen (secondary N) is 2. The van der Waals surface area contributed by atoms with Gasteiger partial charge in [-0.2, -0.15) is 0 Å². The summed E-state index contributed by atoms with van der Waals surface area (Å²) in [5.41, 5.74) is 2.06. The second-order valence-electron chi connectivity index (χ2n) is 6.74. The van der Waals surface area contributed by atoms with Gasteiger partial charge in [-0.3, -0.25) is 9.59 Å². The highest BCUT2D eigenvalue weighted by Crippen LogP contribution is 2.23. The van der Waals surface area contributed by atoms with Crippen molar-refractivity contribution < 1.29 is 19.2 Å². The van der Waals surface area contributed by atoms with Crippen LogP contribution in [0.2, 0.25) is 0 Å². The van der Waals surface area contributed by atoms with Crippen molar-refractivity contribution in [3.8, 4) is 0 Å². The van der Waals surface area contributed by atoms with Gasteiger partial charge in [0.05, 0.1) is 25.6 Å². The maximum absolute atomic E-state index is 12.3. The molecule has 0 aliphatic carbocycles. The Bertz CT molecular complexity index is 563. The Morgan fingerprint density at radius 2 is 1.92 bits per heavy atom. The fourth-order valence-corrected chi connectivity index (χ4v) is 3.23. The smallest absolute Gasteiger partial charge is 0.309 e. The van der Waals surface area contributed by atoms with E-state index >= 15 is 0 Å². The summed E-state index contributed by atoms with van der Waals surface area (Å²) in [4.78, 5) is 25.3. The molecular formula is C19H29N2O3+. The van der Waals surface area contributed by atoms with Crippen LogP contribution in [0.1, 0.15) is 45.1 Å². The van der Waals surface area contributed by atoms with Crippen molar-refractivity contribution in [1.82, 2.24) is 0 Å². The number of ether oxygens (including phenoxy) is 1. The zero-order valence-electron chi connectivity index (χ0n) is 14.9. The van der Waals surface area contributed by atoms with Gasteiger partial charge in [0.25, 0.3) is 5.91 Å². The molecule has 1 heterocycles. The molecule has 1 aliphatic rings. The van der Waals surface area contributed by atoms with Gasteiger partial charge in [-0.1, -0.05) is 32.0 Å². The number of likely N-dealkylation sites (tertiary alicyclic amines) is 1. The van der Waals surface area contributed by atoms with Crippen molar-refractivity contribution in [3.05, 3.63) is 29.8 Å². The molecule has 1 saturated heterocycles. The van der Waals surface area contributed by atoms with E-state index in [9.17, 15) is 9.59 Å². The van der Waals surface area contributed by atoms with Gasteiger partial charge < -0.3 is 15.0 Å². The van der Waals surface area contributed by atoms with Crippen molar-refractivity contribution in [2.75, 3.05) is 31.6 Å². The maximum Gasteiger partial charge on any atom is 0.309 e. The summed E-state index contributed by atoms with van der Waals surface area (Å²) < 4.78 is 5.08. The maximum atomic E-state index is 12.3. The van der Waals surface area contributed by atoms with Gasteiger partial charge in [-0.25, -0.2) is 0 Å². The van der Waals surface area contributed by atoms with Gasteiger partial charge in [0.15, 0.2) is 6.54 Å². The van der Waals surface area contributed by atoms with Crippen molar-refractivity contribution in [2.24, 2.45) is 5.92 Å². The van der Waals surface area contributed by atoms with Crippen LogP contribution in [0.15, 0.2) is 24.3 Å². The second-order valence-corrected chi connectivity index (χ2v) is 6.74. The molecule has 0 spiro atoms. The molecule has 0 aromatic heterocycles. The third kappa shape index (κ3) is 5.06. The lowest BCUT2D eigenvalue weighted by Crippen LogP contribution is -3.14. The highest BCUT2D eigenvalue weighted by Gasteiger charge is 2.29. The van der Waals surface area contributed by atoms with Crippen LogP contribution < -0.4 is 10.2 Å². The van der Waals surface area contributed by atoms with Gasteiger partial charge in [-0.15, -0.1) is 0 Å². The molecule has 2 N–H and O–H groups in total. The zero-order valence-corrected chi connectivity index (χ0v) is 14.9. The van der Waals surface area contributed by atoms with Crippen molar-refractivity contribution in [1.29, 1.82) is 0 Å². The van der Waals surface area contributed by atoms with Crippen molar-refractivity contribution >= 4 is 17.6 Å². The topological polar surface area (TPSA) is 59.8 Å². The molecule has 5 nitrogen and oxygen atoms in total. The Hall–Kier alpha value is -1.88. The summed E-state index contributed by atoms with van der Waals surface area (Å²) in [7, 11) is 0. The first-order valence-corrected chi connectivity index (χ1v) is 8.90. The molecule has 5 heteroatoms. The molecule has 0 saturated carbocycles. The molecule has 1 fully saturated rings. The number of carbonyl (C=O) groups is 2. The van der Waals surface area contributed by atoms with E-state index in [1.165, 1.54) is 4.90 Å². The standard InChI is InChI=1S/C19H28N2O3/c1-4-24-19(23)15-9-11-21(12-10-15)13-18(22)20-17-8-6-5-7-16(17)14(2)3/h5-8,14-15H,4,9-13H2,1-3H3,(H,20,22)/p+1. The van der Waals surface area contributed by atoms with Crippen LogP contribution in [0.3, 0.4) is 0 Å². The molecular weight excluding hydrogens is 304 g/mol. The summed E-state index contributed by atoms with van der Waals surface area (Å²) in [6, 6.07) is 7.95. The lowest BCUT2D eigenvalue weighted by molar-refractivity contribution is -0.897. The van der Waals surface area contributed by atoms with Gasteiger partial charge >= 0.3 is 5.97 Å². The number of hydrogen-bond donors (Lipinski definition) is 2. The van der Waals surface area contributed by atoms with Crippen LogP contribution in [-0.2, 0) is 14.3 Å². The summed E-state index contributed by atoms with van der Waals surface area (Å²) in [5, 5.41) is 3.04. The quantitative estimate of drug-likeness (QED) is 0.778. The normalized spacial score (nSPS) is 20.7. The van der Waals surface area contributed by atoms with E-state index in [0.717, 1.165) is 37.2 Å². The van der Waals surface area contributed by atoms with Gasteiger partial charge in [0, 0.05) is 18.5 Å². The fraction of sp³-hybridized carbons (Fsp3) is 0.579. The van der Waals surface area contributed by atoms with E-state index in [4.69, 9.17) is 4.74 Å². The first-order valence-electron chi connectivity index (χ1n) is 8.90.